The maximum atomic E-state index is 12.9. The van der Waals surface area contributed by atoms with Gasteiger partial charge in [0.25, 0.3) is 15.6 Å². The summed E-state index contributed by atoms with van der Waals surface area (Å²) in [7, 11) is -4.56. The summed E-state index contributed by atoms with van der Waals surface area (Å²) in [5.41, 5.74) is -0.692. The second-order valence-corrected chi connectivity index (χ2v) is 7.39. The maximum Gasteiger partial charge on any atom is 0.325 e. The number of aliphatic carboxylic acids is 1. The minimum atomic E-state index is -4.56. The summed E-state index contributed by atoms with van der Waals surface area (Å²) in [5, 5.41) is 11.1. The number of hydrogen-bond acceptors (Lipinski definition) is 6. The molecular weight excluding hydrogens is 350 g/mol. The van der Waals surface area contributed by atoms with Gasteiger partial charge in [0, 0.05) is 5.69 Å². The molecule has 9 nitrogen and oxygen atoms in total. The van der Waals surface area contributed by atoms with Crippen molar-refractivity contribution in [3.05, 3.63) is 55.9 Å². The molecule has 0 spiro atoms. The van der Waals surface area contributed by atoms with E-state index in [1.807, 2.05) is 4.98 Å². The van der Waals surface area contributed by atoms with Crippen molar-refractivity contribution in [3.63, 3.8) is 0 Å². The smallest absolute Gasteiger partial charge is 0.325 e. The van der Waals surface area contributed by atoms with Crippen molar-refractivity contribution in [3.8, 4) is 0 Å². The van der Waals surface area contributed by atoms with Crippen LogP contribution < -0.4 is 20.7 Å². The number of carbonyl (C=O) groups excluding carboxylic acids is 1. The van der Waals surface area contributed by atoms with Crippen LogP contribution in [-0.4, -0.2) is 30.9 Å². The van der Waals surface area contributed by atoms with Gasteiger partial charge >= 0.3 is 5.69 Å². The van der Waals surface area contributed by atoms with E-state index in [1.165, 1.54) is 19.1 Å². The number of anilines is 1. The van der Waals surface area contributed by atoms with Crippen LogP contribution in [0.3, 0.4) is 0 Å². The Morgan fingerprint density at radius 2 is 1.64 bits per heavy atom. The van der Waals surface area contributed by atoms with Crippen LogP contribution in [0.15, 0.2) is 32.7 Å². The summed E-state index contributed by atoms with van der Waals surface area (Å²) in [6.07, 6.45) is 0. The van der Waals surface area contributed by atoms with Crippen molar-refractivity contribution < 1.29 is 18.3 Å². The molecule has 0 atom stereocenters. The molecule has 0 radical (unpaired) electrons. The molecule has 2 aromatic rings. The lowest BCUT2D eigenvalue weighted by Gasteiger charge is -2.25. The van der Waals surface area contributed by atoms with Crippen LogP contribution in [0.4, 0.5) is 5.69 Å². The van der Waals surface area contributed by atoms with Crippen LogP contribution in [0.1, 0.15) is 16.8 Å². The summed E-state index contributed by atoms with van der Waals surface area (Å²) in [5.74, 6) is -1.64. The Bertz CT molecular complexity index is 1030. The molecular formula is C15H16N3O6S-. The largest absolute Gasteiger partial charge is 0.548 e. The number of carboxylic acid groups (broad SMARTS) is 1. The highest BCUT2D eigenvalue weighted by Crippen LogP contribution is 2.25. The van der Waals surface area contributed by atoms with Gasteiger partial charge in [0.05, 0.1) is 18.2 Å². The minimum absolute atomic E-state index is 0.0756. The topological polar surface area (TPSA) is 143 Å². The van der Waals surface area contributed by atoms with E-state index in [2.05, 4.69) is 4.98 Å². The lowest BCUT2D eigenvalue weighted by molar-refractivity contribution is -0.303. The fourth-order valence-electron chi connectivity index (χ4n) is 2.54. The lowest BCUT2D eigenvalue weighted by atomic mass is 10.1. The number of benzene rings is 1. The van der Waals surface area contributed by atoms with Crippen LogP contribution in [0.2, 0.25) is 0 Å². The molecule has 1 aromatic carbocycles. The molecule has 2 N–H and O–H groups in total. The van der Waals surface area contributed by atoms with E-state index < -0.39 is 38.7 Å². The van der Waals surface area contributed by atoms with Gasteiger partial charge in [0.15, 0.2) is 4.90 Å². The molecule has 0 aliphatic heterocycles. The number of sulfonamides is 1. The molecule has 0 saturated heterocycles. The quantitative estimate of drug-likeness (QED) is 0.690. The van der Waals surface area contributed by atoms with Gasteiger partial charge in [-0.05, 0) is 44.0 Å². The number of carboxylic acids is 1. The standard InChI is InChI=1S/C15H17N3O6S/c1-8-4-9(2)6-11(5-8)18(7-12(19)20)25(23,24)13-10(3)16-15(22)17-14(13)21/h4-6H,7H2,1-3H3,(H,19,20)(H2,16,17,21,22)/p-1. The molecule has 0 amide bonds. The maximum absolute atomic E-state index is 12.9. The predicted octanol–water partition coefficient (Wildman–Crippen LogP) is -1.07. The van der Waals surface area contributed by atoms with Gasteiger partial charge in [0.1, 0.15) is 0 Å². The van der Waals surface area contributed by atoms with E-state index >= 15 is 0 Å². The summed E-state index contributed by atoms with van der Waals surface area (Å²) >= 11 is 0. The van der Waals surface area contributed by atoms with Gasteiger partial charge < -0.3 is 14.9 Å². The van der Waals surface area contributed by atoms with Gasteiger partial charge in [-0.3, -0.25) is 14.1 Å². The van der Waals surface area contributed by atoms with Crippen LogP contribution in [0.25, 0.3) is 0 Å². The molecule has 10 heteroatoms. The zero-order valence-electron chi connectivity index (χ0n) is 13.7. The highest BCUT2D eigenvalue weighted by Gasteiger charge is 2.30. The Balaban J connectivity index is 2.75. The molecule has 134 valence electrons. The molecule has 25 heavy (non-hydrogen) atoms. The van der Waals surface area contributed by atoms with Crippen LogP contribution >= 0.6 is 0 Å². The molecule has 0 unspecified atom stereocenters. The monoisotopic (exact) mass is 366 g/mol. The number of rotatable bonds is 5. The third-order valence-electron chi connectivity index (χ3n) is 3.39. The van der Waals surface area contributed by atoms with E-state index in [1.54, 1.807) is 19.9 Å². The summed E-state index contributed by atoms with van der Waals surface area (Å²) in [6, 6.07) is 4.73. The molecule has 0 aliphatic carbocycles. The SMILES string of the molecule is Cc1cc(C)cc(N(CC(=O)[O-])S(=O)(=O)c2c(C)[nH]c(=O)[nH]c2=O)c1. The van der Waals surface area contributed by atoms with E-state index in [4.69, 9.17) is 0 Å². The first kappa shape index (κ1) is 18.5. The Kier molecular flexibility index (Phi) is 4.84. The van der Waals surface area contributed by atoms with Crippen molar-refractivity contribution in [1.82, 2.24) is 9.97 Å². The molecule has 1 heterocycles. The van der Waals surface area contributed by atoms with Crippen LogP contribution in [0.5, 0.6) is 0 Å². The van der Waals surface area contributed by atoms with Crippen LogP contribution in [-0.2, 0) is 14.8 Å². The highest BCUT2D eigenvalue weighted by atomic mass is 32.2. The summed E-state index contributed by atoms with van der Waals surface area (Å²) in [4.78, 5) is 37.7. The number of aromatic nitrogens is 2. The zero-order chi connectivity index (χ0) is 18.9. The fourth-order valence-corrected chi connectivity index (χ4v) is 4.14. The van der Waals surface area contributed by atoms with Crippen molar-refractivity contribution in [2.75, 3.05) is 10.8 Å². The molecule has 0 aliphatic rings. The molecule has 0 saturated carbocycles. The van der Waals surface area contributed by atoms with Gasteiger partial charge in [-0.2, -0.15) is 0 Å². The predicted molar refractivity (Wildman–Crippen MR) is 87.9 cm³/mol. The molecule has 2 rings (SSSR count). The number of nitrogens with zero attached hydrogens (tertiary/aromatic N) is 1. The minimum Gasteiger partial charge on any atom is -0.548 e. The van der Waals surface area contributed by atoms with Gasteiger partial charge in [-0.1, -0.05) is 6.07 Å². The summed E-state index contributed by atoms with van der Waals surface area (Å²) in [6.45, 7) is 3.70. The van der Waals surface area contributed by atoms with Crippen LogP contribution in [0, 0.1) is 20.8 Å². The van der Waals surface area contributed by atoms with E-state index in [0.29, 0.717) is 15.4 Å². The van der Waals surface area contributed by atoms with Crippen molar-refractivity contribution >= 4 is 21.7 Å². The summed E-state index contributed by atoms with van der Waals surface area (Å²) < 4.78 is 26.4. The number of nitrogens with one attached hydrogen (secondary N) is 2. The normalized spacial score (nSPS) is 11.3. The molecule has 1 aromatic heterocycles. The van der Waals surface area contributed by atoms with E-state index in [-0.39, 0.29) is 11.4 Å². The molecule has 0 bridgehead atoms. The average Bonchev–Trinajstić information content (AvgIpc) is 2.41. The highest BCUT2D eigenvalue weighted by molar-refractivity contribution is 7.92. The Morgan fingerprint density at radius 1 is 1.08 bits per heavy atom. The van der Waals surface area contributed by atoms with E-state index in [0.717, 1.165) is 0 Å². The van der Waals surface area contributed by atoms with Gasteiger partial charge in [-0.25, -0.2) is 13.2 Å². The first-order valence-electron chi connectivity index (χ1n) is 7.16. The third kappa shape index (κ3) is 3.79. The second kappa shape index (κ2) is 6.55. The fraction of sp³-hybridized carbons (Fsp3) is 0.267. The van der Waals surface area contributed by atoms with Gasteiger partial charge in [0.2, 0.25) is 0 Å². The number of carbonyl (C=O) groups is 1. The lowest BCUT2D eigenvalue weighted by Crippen LogP contribution is -2.44. The molecule has 0 fully saturated rings. The Hall–Kier alpha value is -2.88. The first-order valence-corrected chi connectivity index (χ1v) is 8.60. The van der Waals surface area contributed by atoms with Crippen molar-refractivity contribution in [1.29, 1.82) is 0 Å². The van der Waals surface area contributed by atoms with Crippen molar-refractivity contribution in [2.24, 2.45) is 0 Å². The first-order chi connectivity index (χ1) is 11.5. The number of aromatic amines is 2. The Labute approximate surface area is 143 Å². The van der Waals surface area contributed by atoms with E-state index in [9.17, 15) is 27.9 Å². The Morgan fingerprint density at radius 3 is 2.12 bits per heavy atom. The number of aryl methyl sites for hydroxylation is 3. The number of H-pyrrole nitrogens is 2. The third-order valence-corrected chi connectivity index (χ3v) is 5.32. The van der Waals surface area contributed by atoms with Gasteiger partial charge in [-0.15, -0.1) is 0 Å². The average molecular weight is 366 g/mol. The van der Waals surface area contributed by atoms with Crippen molar-refractivity contribution in [2.45, 2.75) is 25.7 Å². The zero-order valence-corrected chi connectivity index (χ0v) is 14.6. The number of hydrogen-bond donors (Lipinski definition) is 2. The second-order valence-electron chi connectivity index (χ2n) is 5.59.